The molecular weight excluding hydrogens is 220 g/mol. The van der Waals surface area contributed by atoms with Crippen molar-refractivity contribution in [3.63, 3.8) is 0 Å². The molecule has 0 aromatic heterocycles. The second-order valence-corrected chi connectivity index (χ2v) is 5.43. The first-order chi connectivity index (χ1) is 7.81. The Morgan fingerprint density at radius 2 is 2.12 bits per heavy atom. The predicted octanol–water partition coefficient (Wildman–Crippen LogP) is 2.20. The SMILES string of the molecule is CN1CCCC2CN(C/C=C/CCl)CCC21. The summed E-state index contributed by atoms with van der Waals surface area (Å²) in [6.45, 7) is 4.91. The summed E-state index contributed by atoms with van der Waals surface area (Å²) in [4.78, 5) is 5.14. The Bertz CT molecular complexity index is 242. The maximum atomic E-state index is 5.64. The molecule has 0 spiro atoms. The molecule has 0 bridgehead atoms. The maximum Gasteiger partial charge on any atom is 0.0404 e. The van der Waals surface area contributed by atoms with Gasteiger partial charge < -0.3 is 4.90 Å². The van der Waals surface area contributed by atoms with E-state index in [0.717, 1.165) is 18.5 Å². The van der Waals surface area contributed by atoms with Crippen molar-refractivity contribution in [3.05, 3.63) is 12.2 Å². The van der Waals surface area contributed by atoms with Gasteiger partial charge in [-0.15, -0.1) is 11.6 Å². The largest absolute Gasteiger partial charge is 0.303 e. The highest BCUT2D eigenvalue weighted by molar-refractivity contribution is 6.18. The number of fused-ring (bicyclic) bond motifs is 1. The lowest BCUT2D eigenvalue weighted by Crippen LogP contribution is -2.52. The molecule has 2 aliphatic rings. The molecule has 2 saturated heterocycles. The van der Waals surface area contributed by atoms with Gasteiger partial charge in [-0.3, -0.25) is 4.90 Å². The fourth-order valence-electron chi connectivity index (χ4n) is 3.18. The lowest BCUT2D eigenvalue weighted by Gasteiger charge is -2.45. The summed E-state index contributed by atoms with van der Waals surface area (Å²) in [5.41, 5.74) is 0. The molecule has 2 rings (SSSR count). The molecule has 16 heavy (non-hydrogen) atoms. The van der Waals surface area contributed by atoms with Crippen LogP contribution >= 0.6 is 11.6 Å². The van der Waals surface area contributed by atoms with E-state index in [1.54, 1.807) is 0 Å². The van der Waals surface area contributed by atoms with Gasteiger partial charge in [-0.05, 0) is 45.3 Å². The average molecular weight is 243 g/mol. The van der Waals surface area contributed by atoms with Crippen LogP contribution in [0, 0.1) is 5.92 Å². The highest BCUT2D eigenvalue weighted by atomic mass is 35.5. The Morgan fingerprint density at radius 1 is 1.25 bits per heavy atom. The lowest BCUT2D eigenvalue weighted by molar-refractivity contribution is 0.0433. The Balaban J connectivity index is 1.83. The number of hydrogen-bond donors (Lipinski definition) is 0. The topological polar surface area (TPSA) is 6.48 Å². The van der Waals surface area contributed by atoms with Crippen molar-refractivity contribution in [1.29, 1.82) is 0 Å². The lowest BCUT2D eigenvalue weighted by atomic mass is 9.84. The third-order valence-corrected chi connectivity index (χ3v) is 4.23. The zero-order chi connectivity index (χ0) is 11.4. The molecule has 0 aliphatic carbocycles. The third kappa shape index (κ3) is 2.99. The summed E-state index contributed by atoms with van der Waals surface area (Å²) in [7, 11) is 2.29. The summed E-state index contributed by atoms with van der Waals surface area (Å²) in [6, 6.07) is 0.849. The first-order valence-corrected chi connectivity index (χ1v) is 6.98. The summed E-state index contributed by atoms with van der Waals surface area (Å²) in [6.07, 6.45) is 8.41. The Morgan fingerprint density at radius 3 is 2.94 bits per heavy atom. The van der Waals surface area contributed by atoms with E-state index in [0.29, 0.717) is 5.88 Å². The number of alkyl halides is 1. The minimum atomic E-state index is 0.641. The number of hydrogen-bond acceptors (Lipinski definition) is 2. The Labute approximate surface area is 104 Å². The van der Waals surface area contributed by atoms with Gasteiger partial charge in [0.25, 0.3) is 0 Å². The van der Waals surface area contributed by atoms with Crippen molar-refractivity contribution >= 4 is 11.6 Å². The molecule has 2 nitrogen and oxygen atoms in total. The second-order valence-electron chi connectivity index (χ2n) is 5.12. The van der Waals surface area contributed by atoms with Crippen molar-refractivity contribution in [1.82, 2.24) is 9.80 Å². The third-order valence-electron chi connectivity index (χ3n) is 4.05. The minimum absolute atomic E-state index is 0.641. The summed E-state index contributed by atoms with van der Waals surface area (Å²) < 4.78 is 0. The van der Waals surface area contributed by atoms with Crippen molar-refractivity contribution in [2.24, 2.45) is 5.92 Å². The van der Waals surface area contributed by atoms with E-state index < -0.39 is 0 Å². The van der Waals surface area contributed by atoms with Crippen molar-refractivity contribution in [3.8, 4) is 0 Å². The van der Waals surface area contributed by atoms with Crippen LogP contribution in [0.5, 0.6) is 0 Å². The van der Waals surface area contributed by atoms with Gasteiger partial charge in [0.15, 0.2) is 0 Å². The number of likely N-dealkylation sites (tertiary alicyclic amines) is 2. The first kappa shape index (κ1) is 12.4. The van der Waals surface area contributed by atoms with Gasteiger partial charge in [0.1, 0.15) is 0 Å². The fraction of sp³-hybridized carbons (Fsp3) is 0.846. The van der Waals surface area contributed by atoms with Gasteiger partial charge in [-0.1, -0.05) is 12.2 Å². The van der Waals surface area contributed by atoms with Crippen molar-refractivity contribution in [2.45, 2.75) is 25.3 Å². The van der Waals surface area contributed by atoms with Crippen molar-refractivity contribution in [2.75, 3.05) is 39.1 Å². The van der Waals surface area contributed by atoms with E-state index in [-0.39, 0.29) is 0 Å². The molecule has 0 aromatic rings. The molecule has 2 unspecified atom stereocenters. The van der Waals surface area contributed by atoms with E-state index in [2.05, 4.69) is 29.0 Å². The smallest absolute Gasteiger partial charge is 0.0404 e. The van der Waals surface area contributed by atoms with Crippen molar-refractivity contribution < 1.29 is 0 Å². The molecule has 2 aliphatic heterocycles. The van der Waals surface area contributed by atoms with E-state index in [1.165, 1.54) is 38.9 Å². The second kappa shape index (κ2) is 6.04. The molecule has 0 N–H and O–H groups in total. The highest BCUT2D eigenvalue weighted by Gasteiger charge is 2.33. The van der Waals surface area contributed by atoms with E-state index in [9.17, 15) is 0 Å². The fourth-order valence-corrected chi connectivity index (χ4v) is 3.31. The molecule has 0 radical (unpaired) electrons. The quantitative estimate of drug-likeness (QED) is 0.553. The molecule has 2 atom stereocenters. The monoisotopic (exact) mass is 242 g/mol. The zero-order valence-electron chi connectivity index (χ0n) is 10.2. The molecule has 0 amide bonds. The van der Waals surface area contributed by atoms with Gasteiger partial charge in [-0.25, -0.2) is 0 Å². The normalized spacial score (nSPS) is 33.1. The van der Waals surface area contributed by atoms with Crippen LogP contribution < -0.4 is 0 Å². The maximum absolute atomic E-state index is 5.64. The van der Waals surface area contributed by atoms with Crippen LogP contribution in [0.1, 0.15) is 19.3 Å². The number of piperidine rings is 2. The van der Waals surface area contributed by atoms with Crippen LogP contribution in [0.15, 0.2) is 12.2 Å². The summed E-state index contributed by atoms with van der Waals surface area (Å²) in [5, 5.41) is 0. The molecule has 0 saturated carbocycles. The number of rotatable bonds is 3. The van der Waals surface area contributed by atoms with Gasteiger partial charge in [0, 0.05) is 25.0 Å². The van der Waals surface area contributed by atoms with Crippen LogP contribution in [-0.4, -0.2) is 54.9 Å². The summed E-state index contributed by atoms with van der Waals surface area (Å²) >= 11 is 5.64. The number of halogens is 1. The standard InChI is InChI=1S/C13H23ClN2/c1-15-8-4-5-12-11-16(9-3-2-7-14)10-6-13(12)15/h2-3,12-13H,4-11H2,1H3/b3-2+. The van der Waals surface area contributed by atoms with Crippen LogP contribution in [0.3, 0.4) is 0 Å². The molecular formula is C13H23ClN2. The first-order valence-electron chi connectivity index (χ1n) is 6.45. The van der Waals surface area contributed by atoms with Gasteiger partial charge in [0.05, 0.1) is 0 Å². The molecule has 0 aromatic carbocycles. The molecule has 92 valence electrons. The number of nitrogens with zero attached hydrogens (tertiary/aromatic N) is 2. The van der Waals surface area contributed by atoms with E-state index in [4.69, 9.17) is 11.6 Å². The predicted molar refractivity (Wildman–Crippen MR) is 70.1 cm³/mol. The van der Waals surface area contributed by atoms with E-state index in [1.807, 2.05) is 0 Å². The van der Waals surface area contributed by atoms with E-state index >= 15 is 0 Å². The van der Waals surface area contributed by atoms with Crippen LogP contribution in [0.2, 0.25) is 0 Å². The van der Waals surface area contributed by atoms with Crippen LogP contribution in [0.4, 0.5) is 0 Å². The molecule has 2 fully saturated rings. The minimum Gasteiger partial charge on any atom is -0.303 e. The Hall–Kier alpha value is -0.0500. The van der Waals surface area contributed by atoms with Crippen LogP contribution in [-0.2, 0) is 0 Å². The van der Waals surface area contributed by atoms with Gasteiger partial charge in [0.2, 0.25) is 0 Å². The van der Waals surface area contributed by atoms with Gasteiger partial charge >= 0.3 is 0 Å². The summed E-state index contributed by atoms with van der Waals surface area (Å²) in [5.74, 6) is 1.54. The molecule has 3 heteroatoms. The Kier molecular flexibility index (Phi) is 4.68. The highest BCUT2D eigenvalue weighted by Crippen LogP contribution is 2.29. The van der Waals surface area contributed by atoms with Gasteiger partial charge in [-0.2, -0.15) is 0 Å². The zero-order valence-corrected chi connectivity index (χ0v) is 11.0. The number of allylic oxidation sites excluding steroid dienone is 1. The molecule has 2 heterocycles. The van der Waals surface area contributed by atoms with Crippen LogP contribution in [0.25, 0.3) is 0 Å². The average Bonchev–Trinajstić information content (AvgIpc) is 2.30.